The normalized spacial score (nSPS) is 22.6. The molecule has 0 unspecified atom stereocenters. The van der Waals surface area contributed by atoms with Crippen LogP contribution in [0.15, 0.2) is 0 Å². The molecular formula is C6H11NS. The fourth-order valence-electron chi connectivity index (χ4n) is 0.811. The first-order valence-corrected chi connectivity index (χ1v) is 3.32. The fourth-order valence-corrected chi connectivity index (χ4v) is 1.16. The van der Waals surface area contributed by atoms with Crippen LogP contribution >= 0.6 is 12.2 Å². The van der Waals surface area contributed by atoms with Gasteiger partial charge < -0.3 is 5.73 Å². The van der Waals surface area contributed by atoms with E-state index in [0.717, 1.165) is 6.42 Å². The molecule has 1 saturated carbocycles. The minimum Gasteiger partial charge on any atom is -0.393 e. The van der Waals surface area contributed by atoms with Gasteiger partial charge in [-0.15, -0.1) is 0 Å². The largest absolute Gasteiger partial charge is 0.393 e. The molecule has 0 spiro atoms. The Morgan fingerprint density at radius 3 is 2.38 bits per heavy atom. The molecule has 0 saturated heterocycles. The average molecular weight is 129 g/mol. The van der Waals surface area contributed by atoms with Crippen molar-refractivity contribution in [2.75, 3.05) is 0 Å². The molecule has 0 aliphatic heterocycles. The molecule has 0 heterocycles. The molecule has 0 radical (unpaired) electrons. The van der Waals surface area contributed by atoms with Gasteiger partial charge in [0.1, 0.15) is 0 Å². The van der Waals surface area contributed by atoms with Gasteiger partial charge in [0, 0.05) is 6.42 Å². The van der Waals surface area contributed by atoms with E-state index in [1.54, 1.807) is 0 Å². The zero-order valence-corrected chi connectivity index (χ0v) is 5.92. The molecule has 1 aliphatic carbocycles. The summed E-state index contributed by atoms with van der Waals surface area (Å²) in [5, 5.41) is 0. The van der Waals surface area contributed by atoms with Crippen molar-refractivity contribution in [1.82, 2.24) is 0 Å². The van der Waals surface area contributed by atoms with Crippen LogP contribution in [-0.4, -0.2) is 4.99 Å². The summed E-state index contributed by atoms with van der Waals surface area (Å²) in [4.78, 5) is 0.671. The number of hydrogen-bond donors (Lipinski definition) is 1. The zero-order chi connectivity index (χ0) is 6.20. The van der Waals surface area contributed by atoms with Crippen molar-refractivity contribution in [3.05, 3.63) is 0 Å². The SMILES string of the molecule is CC1(CC(N)=S)CC1. The highest BCUT2D eigenvalue weighted by Crippen LogP contribution is 2.47. The second-order valence-electron chi connectivity index (χ2n) is 2.95. The highest BCUT2D eigenvalue weighted by atomic mass is 32.1. The molecular weight excluding hydrogens is 118 g/mol. The molecule has 0 atom stereocenters. The number of rotatable bonds is 2. The van der Waals surface area contributed by atoms with Gasteiger partial charge in [0.05, 0.1) is 4.99 Å². The summed E-state index contributed by atoms with van der Waals surface area (Å²) in [6.45, 7) is 2.23. The van der Waals surface area contributed by atoms with Crippen molar-refractivity contribution in [3.8, 4) is 0 Å². The molecule has 2 heteroatoms. The molecule has 0 aromatic rings. The van der Waals surface area contributed by atoms with Crippen LogP contribution in [0.2, 0.25) is 0 Å². The van der Waals surface area contributed by atoms with Crippen LogP contribution in [-0.2, 0) is 0 Å². The standard InChI is InChI=1S/C6H11NS/c1-6(2-3-6)4-5(7)8/h2-4H2,1H3,(H2,7,8). The lowest BCUT2D eigenvalue weighted by Gasteiger charge is -2.03. The van der Waals surface area contributed by atoms with Gasteiger partial charge in [-0.2, -0.15) is 0 Å². The Balaban J connectivity index is 2.29. The smallest absolute Gasteiger partial charge is 0.0732 e. The van der Waals surface area contributed by atoms with Gasteiger partial charge in [-0.1, -0.05) is 19.1 Å². The first kappa shape index (κ1) is 6.02. The van der Waals surface area contributed by atoms with E-state index in [2.05, 4.69) is 6.92 Å². The van der Waals surface area contributed by atoms with Gasteiger partial charge in [0.15, 0.2) is 0 Å². The van der Waals surface area contributed by atoms with E-state index in [9.17, 15) is 0 Å². The van der Waals surface area contributed by atoms with Crippen molar-refractivity contribution in [1.29, 1.82) is 0 Å². The van der Waals surface area contributed by atoms with Gasteiger partial charge >= 0.3 is 0 Å². The predicted octanol–water partition coefficient (Wildman–Crippen LogP) is 1.46. The topological polar surface area (TPSA) is 26.0 Å². The molecule has 8 heavy (non-hydrogen) atoms. The van der Waals surface area contributed by atoms with E-state index in [4.69, 9.17) is 18.0 Å². The molecule has 0 bridgehead atoms. The quantitative estimate of drug-likeness (QED) is 0.571. The lowest BCUT2D eigenvalue weighted by atomic mass is 10.1. The third-order valence-electron chi connectivity index (χ3n) is 1.70. The van der Waals surface area contributed by atoms with Crippen LogP contribution < -0.4 is 5.73 Å². The molecule has 0 aromatic heterocycles. The molecule has 1 nitrogen and oxygen atoms in total. The Labute approximate surface area is 55.3 Å². The van der Waals surface area contributed by atoms with Gasteiger partial charge in [0.2, 0.25) is 0 Å². The molecule has 0 amide bonds. The summed E-state index contributed by atoms with van der Waals surface area (Å²) >= 11 is 4.76. The van der Waals surface area contributed by atoms with Crippen LogP contribution in [0, 0.1) is 5.41 Å². The fraction of sp³-hybridized carbons (Fsp3) is 0.833. The van der Waals surface area contributed by atoms with Crippen molar-refractivity contribution in [2.24, 2.45) is 11.1 Å². The highest BCUT2D eigenvalue weighted by Gasteiger charge is 2.37. The first-order valence-electron chi connectivity index (χ1n) is 2.91. The van der Waals surface area contributed by atoms with Gasteiger partial charge in [-0.3, -0.25) is 0 Å². The summed E-state index contributed by atoms with van der Waals surface area (Å²) in [5.41, 5.74) is 5.86. The Morgan fingerprint density at radius 2 is 2.25 bits per heavy atom. The minimum atomic E-state index is 0.506. The van der Waals surface area contributed by atoms with E-state index < -0.39 is 0 Å². The summed E-state index contributed by atoms with van der Waals surface area (Å²) in [6.07, 6.45) is 3.57. The lowest BCUT2D eigenvalue weighted by molar-refractivity contribution is 0.605. The molecule has 1 aliphatic rings. The van der Waals surface area contributed by atoms with Gasteiger partial charge in [-0.05, 0) is 18.3 Å². The van der Waals surface area contributed by atoms with Crippen molar-refractivity contribution >= 4 is 17.2 Å². The number of thiocarbonyl (C=S) groups is 1. The maximum atomic E-state index is 5.35. The molecule has 1 rings (SSSR count). The van der Waals surface area contributed by atoms with Crippen molar-refractivity contribution in [3.63, 3.8) is 0 Å². The van der Waals surface area contributed by atoms with E-state index in [-0.39, 0.29) is 0 Å². The van der Waals surface area contributed by atoms with Crippen LogP contribution in [0.3, 0.4) is 0 Å². The molecule has 2 N–H and O–H groups in total. The maximum absolute atomic E-state index is 5.35. The lowest BCUT2D eigenvalue weighted by Crippen LogP contribution is -2.12. The molecule has 1 fully saturated rings. The summed E-state index contributed by atoms with van der Waals surface area (Å²) in [7, 11) is 0. The number of nitrogens with two attached hydrogens (primary N) is 1. The third kappa shape index (κ3) is 1.44. The van der Waals surface area contributed by atoms with E-state index in [1.165, 1.54) is 12.8 Å². The predicted molar refractivity (Wildman–Crippen MR) is 38.7 cm³/mol. The second-order valence-corrected chi connectivity index (χ2v) is 3.48. The Bertz CT molecular complexity index is 116. The van der Waals surface area contributed by atoms with Crippen LogP contribution in [0.1, 0.15) is 26.2 Å². The van der Waals surface area contributed by atoms with Gasteiger partial charge in [-0.25, -0.2) is 0 Å². The monoisotopic (exact) mass is 129 g/mol. The maximum Gasteiger partial charge on any atom is 0.0732 e. The van der Waals surface area contributed by atoms with E-state index in [1.807, 2.05) is 0 Å². The van der Waals surface area contributed by atoms with E-state index >= 15 is 0 Å². The van der Waals surface area contributed by atoms with Crippen molar-refractivity contribution < 1.29 is 0 Å². The summed E-state index contributed by atoms with van der Waals surface area (Å²) in [5.74, 6) is 0. The third-order valence-corrected chi connectivity index (χ3v) is 1.85. The molecule has 46 valence electrons. The van der Waals surface area contributed by atoms with Crippen LogP contribution in [0.5, 0.6) is 0 Å². The second kappa shape index (κ2) is 1.69. The first-order chi connectivity index (χ1) is 3.62. The van der Waals surface area contributed by atoms with Crippen LogP contribution in [0.25, 0.3) is 0 Å². The van der Waals surface area contributed by atoms with Crippen LogP contribution in [0.4, 0.5) is 0 Å². The van der Waals surface area contributed by atoms with Crippen molar-refractivity contribution in [2.45, 2.75) is 26.2 Å². The minimum absolute atomic E-state index is 0.506. The zero-order valence-electron chi connectivity index (χ0n) is 5.11. The Morgan fingerprint density at radius 1 is 1.75 bits per heavy atom. The Kier molecular flexibility index (Phi) is 1.27. The molecule has 0 aromatic carbocycles. The Hall–Kier alpha value is -0.110. The van der Waals surface area contributed by atoms with E-state index in [0.29, 0.717) is 10.4 Å². The average Bonchev–Trinajstić information content (AvgIpc) is 2.17. The number of hydrogen-bond acceptors (Lipinski definition) is 1. The summed E-state index contributed by atoms with van der Waals surface area (Å²) in [6, 6.07) is 0. The van der Waals surface area contributed by atoms with Gasteiger partial charge in [0.25, 0.3) is 0 Å². The highest BCUT2D eigenvalue weighted by molar-refractivity contribution is 7.80. The summed E-state index contributed by atoms with van der Waals surface area (Å²) < 4.78 is 0.